The molecule has 1 aromatic heterocycles. The smallest absolute Gasteiger partial charge is 0.310 e. The molecule has 0 aliphatic heterocycles. The number of aromatic nitrogens is 1. The van der Waals surface area contributed by atoms with Crippen molar-refractivity contribution < 1.29 is 18.8 Å². The van der Waals surface area contributed by atoms with Gasteiger partial charge in [0.05, 0.1) is 19.2 Å². The number of carbonyl (C=O) groups excluding carboxylic acids is 1. The summed E-state index contributed by atoms with van der Waals surface area (Å²) in [7, 11) is 1.59. The van der Waals surface area contributed by atoms with Crippen molar-refractivity contribution in [1.29, 1.82) is 0 Å². The molecule has 0 spiro atoms. The Labute approximate surface area is 117 Å². The summed E-state index contributed by atoms with van der Waals surface area (Å²) in [5, 5.41) is 3.81. The van der Waals surface area contributed by atoms with Gasteiger partial charge in [-0.05, 0) is 19.9 Å². The molecule has 5 nitrogen and oxygen atoms in total. The third kappa shape index (κ3) is 3.17. The lowest BCUT2D eigenvalue weighted by atomic mass is 10.1. The highest BCUT2D eigenvalue weighted by Crippen LogP contribution is 2.19. The highest BCUT2D eigenvalue weighted by atomic mass is 16.5. The van der Waals surface area contributed by atoms with E-state index < -0.39 is 0 Å². The van der Waals surface area contributed by atoms with Crippen LogP contribution in [0.3, 0.4) is 0 Å². The Morgan fingerprint density at radius 2 is 2.05 bits per heavy atom. The minimum Gasteiger partial charge on any atom is -0.496 e. The maximum absolute atomic E-state index is 11.9. The largest absolute Gasteiger partial charge is 0.496 e. The van der Waals surface area contributed by atoms with Crippen molar-refractivity contribution in [3.05, 3.63) is 46.8 Å². The van der Waals surface area contributed by atoms with E-state index in [1.54, 1.807) is 21.0 Å². The third-order valence-electron chi connectivity index (χ3n) is 3.08. The fourth-order valence-corrected chi connectivity index (χ4v) is 1.93. The van der Waals surface area contributed by atoms with Crippen molar-refractivity contribution in [1.82, 2.24) is 5.16 Å². The number of rotatable bonds is 5. The molecule has 2 aromatic rings. The number of ether oxygens (including phenoxy) is 2. The fraction of sp³-hybridized carbons (Fsp3) is 0.333. The normalized spacial score (nSPS) is 10.3. The second-order valence-corrected chi connectivity index (χ2v) is 4.45. The standard InChI is InChI=1S/C15H17NO4/c1-10-13(11(2)20-16-10)8-15(17)19-9-12-6-4-5-7-14(12)18-3/h4-7H,8-9H2,1-3H3. The minimum atomic E-state index is -0.315. The first-order valence-electron chi connectivity index (χ1n) is 6.31. The van der Waals surface area contributed by atoms with Crippen LogP contribution in [0.15, 0.2) is 28.8 Å². The molecule has 0 saturated heterocycles. The van der Waals surface area contributed by atoms with Gasteiger partial charge in [0.15, 0.2) is 0 Å². The molecule has 0 fully saturated rings. The van der Waals surface area contributed by atoms with Gasteiger partial charge >= 0.3 is 5.97 Å². The van der Waals surface area contributed by atoms with Crippen molar-refractivity contribution >= 4 is 5.97 Å². The first kappa shape index (κ1) is 14.1. The van der Waals surface area contributed by atoms with Crippen LogP contribution in [0, 0.1) is 13.8 Å². The first-order valence-corrected chi connectivity index (χ1v) is 6.31. The van der Waals surface area contributed by atoms with Crippen LogP contribution in [-0.4, -0.2) is 18.2 Å². The maximum Gasteiger partial charge on any atom is 0.310 e. The zero-order valence-electron chi connectivity index (χ0n) is 11.8. The molecular weight excluding hydrogens is 258 g/mol. The van der Waals surface area contributed by atoms with Gasteiger partial charge < -0.3 is 14.0 Å². The molecule has 0 aliphatic carbocycles. The van der Waals surface area contributed by atoms with E-state index in [-0.39, 0.29) is 19.0 Å². The summed E-state index contributed by atoms with van der Waals surface area (Å²) in [5.74, 6) is 1.04. The average molecular weight is 275 g/mol. The van der Waals surface area contributed by atoms with Crippen molar-refractivity contribution in [3.8, 4) is 5.75 Å². The lowest BCUT2D eigenvalue weighted by Crippen LogP contribution is -2.09. The average Bonchev–Trinajstić information content (AvgIpc) is 2.77. The number of benzene rings is 1. The van der Waals surface area contributed by atoms with Crippen LogP contribution in [0.2, 0.25) is 0 Å². The lowest BCUT2D eigenvalue weighted by molar-refractivity contribution is -0.144. The second kappa shape index (κ2) is 6.23. The molecule has 1 heterocycles. The number of methoxy groups -OCH3 is 1. The van der Waals surface area contributed by atoms with Gasteiger partial charge in [0.2, 0.25) is 0 Å². The van der Waals surface area contributed by atoms with Crippen molar-refractivity contribution in [2.75, 3.05) is 7.11 Å². The molecule has 0 saturated carbocycles. The molecule has 2 rings (SSSR count). The number of hydrogen-bond donors (Lipinski definition) is 0. The molecule has 0 N–H and O–H groups in total. The summed E-state index contributed by atoms with van der Waals surface area (Å²) in [5.41, 5.74) is 2.34. The van der Waals surface area contributed by atoms with Gasteiger partial charge in [-0.1, -0.05) is 23.4 Å². The maximum atomic E-state index is 11.9. The molecule has 0 radical (unpaired) electrons. The molecule has 5 heteroatoms. The Hall–Kier alpha value is -2.30. The molecule has 0 atom stereocenters. The molecule has 0 aliphatic rings. The summed E-state index contributed by atoms with van der Waals surface area (Å²) in [6.45, 7) is 3.77. The number of aryl methyl sites for hydroxylation is 2. The SMILES string of the molecule is COc1ccccc1COC(=O)Cc1c(C)noc1C. The highest BCUT2D eigenvalue weighted by molar-refractivity contribution is 5.73. The number of esters is 1. The molecule has 0 unspecified atom stereocenters. The van der Waals surface area contributed by atoms with Crippen molar-refractivity contribution in [3.63, 3.8) is 0 Å². The third-order valence-corrected chi connectivity index (χ3v) is 3.08. The molecule has 0 bridgehead atoms. The van der Waals surface area contributed by atoms with E-state index in [0.717, 1.165) is 16.8 Å². The number of para-hydroxylation sites is 1. The Morgan fingerprint density at radius 1 is 1.30 bits per heavy atom. The summed E-state index contributed by atoms with van der Waals surface area (Å²) >= 11 is 0. The van der Waals surface area contributed by atoms with Crippen LogP contribution in [0.25, 0.3) is 0 Å². The first-order chi connectivity index (χ1) is 9.61. The fourth-order valence-electron chi connectivity index (χ4n) is 1.93. The summed E-state index contributed by atoms with van der Waals surface area (Å²) in [4.78, 5) is 11.9. The van der Waals surface area contributed by atoms with Gasteiger partial charge in [-0.15, -0.1) is 0 Å². The zero-order chi connectivity index (χ0) is 14.5. The van der Waals surface area contributed by atoms with E-state index in [1.165, 1.54) is 0 Å². The van der Waals surface area contributed by atoms with Crippen LogP contribution in [0.5, 0.6) is 5.75 Å². The van der Waals surface area contributed by atoms with E-state index in [4.69, 9.17) is 14.0 Å². The van der Waals surface area contributed by atoms with Gasteiger partial charge in [0, 0.05) is 11.1 Å². The van der Waals surface area contributed by atoms with Gasteiger partial charge in [0.1, 0.15) is 18.1 Å². The van der Waals surface area contributed by atoms with Crippen LogP contribution >= 0.6 is 0 Å². The van der Waals surface area contributed by atoms with Gasteiger partial charge in [-0.2, -0.15) is 0 Å². The summed E-state index contributed by atoms with van der Waals surface area (Å²) in [6, 6.07) is 7.44. The topological polar surface area (TPSA) is 61.6 Å². The number of nitrogens with zero attached hydrogens (tertiary/aromatic N) is 1. The molecule has 0 amide bonds. The Bertz CT molecular complexity index is 584. The minimum absolute atomic E-state index is 0.163. The van der Waals surface area contributed by atoms with Crippen molar-refractivity contribution in [2.24, 2.45) is 0 Å². The van der Waals surface area contributed by atoms with Crippen LogP contribution in [-0.2, 0) is 22.6 Å². The highest BCUT2D eigenvalue weighted by Gasteiger charge is 2.15. The molecule has 1 aromatic carbocycles. The monoisotopic (exact) mass is 275 g/mol. The van der Waals surface area contributed by atoms with Crippen LogP contribution < -0.4 is 4.74 Å². The van der Waals surface area contributed by atoms with E-state index >= 15 is 0 Å². The number of hydrogen-bond acceptors (Lipinski definition) is 5. The van der Waals surface area contributed by atoms with E-state index in [0.29, 0.717) is 11.5 Å². The summed E-state index contributed by atoms with van der Waals surface area (Å²) < 4.78 is 15.5. The predicted molar refractivity (Wildman–Crippen MR) is 72.5 cm³/mol. The number of carbonyl (C=O) groups is 1. The van der Waals surface area contributed by atoms with Crippen molar-refractivity contribution in [2.45, 2.75) is 26.9 Å². The quantitative estimate of drug-likeness (QED) is 0.785. The molecule has 106 valence electrons. The van der Waals surface area contributed by atoms with E-state index in [2.05, 4.69) is 5.16 Å². The van der Waals surface area contributed by atoms with Gasteiger partial charge in [-0.25, -0.2) is 0 Å². The Balaban J connectivity index is 1.96. The van der Waals surface area contributed by atoms with Crippen LogP contribution in [0.4, 0.5) is 0 Å². The van der Waals surface area contributed by atoms with Gasteiger partial charge in [0.25, 0.3) is 0 Å². The van der Waals surface area contributed by atoms with Gasteiger partial charge in [-0.3, -0.25) is 4.79 Å². The molecular formula is C15H17NO4. The Kier molecular flexibility index (Phi) is 4.40. The molecule has 20 heavy (non-hydrogen) atoms. The Morgan fingerprint density at radius 3 is 2.70 bits per heavy atom. The van der Waals surface area contributed by atoms with E-state index in [1.807, 2.05) is 24.3 Å². The lowest BCUT2D eigenvalue weighted by Gasteiger charge is -2.09. The second-order valence-electron chi connectivity index (χ2n) is 4.45. The predicted octanol–water partition coefficient (Wildman–Crippen LogP) is 2.59. The van der Waals surface area contributed by atoms with E-state index in [9.17, 15) is 4.79 Å². The summed E-state index contributed by atoms with van der Waals surface area (Å²) in [6.07, 6.45) is 0.163. The van der Waals surface area contributed by atoms with Crippen LogP contribution in [0.1, 0.15) is 22.6 Å². The zero-order valence-corrected chi connectivity index (χ0v) is 11.8.